The molecule has 2 heterocycles. The van der Waals surface area contributed by atoms with Crippen LogP contribution in [0.2, 0.25) is 0 Å². The number of nitrogens with zero attached hydrogens (tertiary/aromatic N) is 4. The molecule has 0 spiro atoms. The molecule has 7 nitrogen and oxygen atoms in total. The summed E-state index contributed by atoms with van der Waals surface area (Å²) in [5.74, 6) is 0.947. The number of carbonyl (C=O) groups is 1. The minimum atomic E-state index is -0.200. The van der Waals surface area contributed by atoms with Crippen LogP contribution in [0.15, 0.2) is 36.7 Å². The van der Waals surface area contributed by atoms with Crippen molar-refractivity contribution in [2.45, 2.75) is 32.3 Å². The van der Waals surface area contributed by atoms with Crippen LogP contribution in [0.1, 0.15) is 42.2 Å². The Hall–Kier alpha value is -3.14. The Kier molecular flexibility index (Phi) is 6.21. The van der Waals surface area contributed by atoms with Gasteiger partial charge in [0, 0.05) is 30.9 Å². The van der Waals surface area contributed by atoms with Gasteiger partial charge in [0.15, 0.2) is 0 Å². The van der Waals surface area contributed by atoms with Crippen LogP contribution < -0.4 is 9.47 Å². The molecule has 2 aromatic rings. The number of unbranched alkanes of at least 4 members (excludes halogenated alkanes) is 1. The molecule has 1 amide bonds. The van der Waals surface area contributed by atoms with Gasteiger partial charge in [-0.1, -0.05) is 13.3 Å². The second kappa shape index (κ2) is 8.99. The summed E-state index contributed by atoms with van der Waals surface area (Å²) in [5, 5.41) is 9.06. The van der Waals surface area contributed by atoms with E-state index in [-0.39, 0.29) is 23.6 Å². The van der Waals surface area contributed by atoms with Crippen LogP contribution in [-0.2, 0) is 0 Å². The molecule has 0 N–H and O–H groups in total. The molecule has 0 radical (unpaired) electrons. The van der Waals surface area contributed by atoms with Crippen LogP contribution in [0, 0.1) is 11.3 Å². The standard InChI is InChI=1S/C20H22N4O3/c1-2-3-12-26-16-6-4-15(5-7-16)20(25)24-11-8-17(14-24)27-19-18(13-21)22-9-10-23-19/h4-7,9-10,17H,2-3,8,11-12,14H2,1H3. The van der Waals surface area contributed by atoms with Crippen molar-refractivity contribution in [2.75, 3.05) is 19.7 Å². The molecule has 1 aliphatic rings. The smallest absolute Gasteiger partial charge is 0.253 e. The number of benzene rings is 1. The van der Waals surface area contributed by atoms with Gasteiger partial charge in [0.05, 0.1) is 13.2 Å². The van der Waals surface area contributed by atoms with Crippen molar-refractivity contribution in [3.8, 4) is 17.7 Å². The summed E-state index contributed by atoms with van der Waals surface area (Å²) in [6.45, 7) is 3.85. The van der Waals surface area contributed by atoms with E-state index in [2.05, 4.69) is 16.9 Å². The van der Waals surface area contributed by atoms with E-state index in [0.29, 0.717) is 31.7 Å². The van der Waals surface area contributed by atoms with E-state index in [1.54, 1.807) is 17.0 Å². The van der Waals surface area contributed by atoms with E-state index >= 15 is 0 Å². The average molecular weight is 366 g/mol. The number of rotatable bonds is 7. The van der Waals surface area contributed by atoms with Gasteiger partial charge < -0.3 is 14.4 Å². The van der Waals surface area contributed by atoms with Crippen LogP contribution in [0.25, 0.3) is 0 Å². The molecule has 1 aromatic heterocycles. The van der Waals surface area contributed by atoms with Gasteiger partial charge in [0.1, 0.15) is 17.9 Å². The van der Waals surface area contributed by atoms with E-state index in [9.17, 15) is 4.79 Å². The summed E-state index contributed by atoms with van der Waals surface area (Å²) >= 11 is 0. The zero-order chi connectivity index (χ0) is 19.1. The fourth-order valence-corrected chi connectivity index (χ4v) is 2.87. The molecule has 7 heteroatoms. The number of likely N-dealkylation sites (tertiary alicyclic amines) is 1. The van der Waals surface area contributed by atoms with Gasteiger partial charge in [-0.05, 0) is 30.7 Å². The van der Waals surface area contributed by atoms with Crippen molar-refractivity contribution >= 4 is 5.91 Å². The molecule has 1 aromatic carbocycles. The van der Waals surface area contributed by atoms with Gasteiger partial charge in [-0.2, -0.15) is 5.26 Å². The van der Waals surface area contributed by atoms with Gasteiger partial charge in [0.25, 0.3) is 11.8 Å². The van der Waals surface area contributed by atoms with Crippen molar-refractivity contribution in [3.63, 3.8) is 0 Å². The third-order valence-corrected chi connectivity index (χ3v) is 4.35. The lowest BCUT2D eigenvalue weighted by molar-refractivity contribution is 0.0771. The fraction of sp³-hybridized carbons (Fsp3) is 0.400. The molecule has 0 bridgehead atoms. The Bertz CT molecular complexity index is 817. The van der Waals surface area contributed by atoms with Crippen molar-refractivity contribution in [1.29, 1.82) is 5.26 Å². The van der Waals surface area contributed by atoms with Gasteiger partial charge in [-0.15, -0.1) is 0 Å². The van der Waals surface area contributed by atoms with Crippen molar-refractivity contribution < 1.29 is 14.3 Å². The third kappa shape index (κ3) is 4.73. The zero-order valence-electron chi connectivity index (χ0n) is 15.3. The van der Waals surface area contributed by atoms with Crippen molar-refractivity contribution in [3.05, 3.63) is 47.9 Å². The normalized spacial score (nSPS) is 16.0. The highest BCUT2D eigenvalue weighted by atomic mass is 16.5. The predicted octanol–water partition coefficient (Wildman–Crippen LogP) is 2.82. The Morgan fingerprint density at radius 3 is 2.81 bits per heavy atom. The molecule has 1 fully saturated rings. The number of ether oxygens (including phenoxy) is 2. The Morgan fingerprint density at radius 2 is 2.07 bits per heavy atom. The molecular weight excluding hydrogens is 344 g/mol. The Labute approximate surface area is 158 Å². The van der Waals surface area contributed by atoms with Crippen LogP contribution in [-0.4, -0.2) is 46.6 Å². The lowest BCUT2D eigenvalue weighted by Gasteiger charge is -2.17. The summed E-state index contributed by atoms with van der Waals surface area (Å²) in [7, 11) is 0. The number of carbonyl (C=O) groups excluding carboxylic acids is 1. The monoisotopic (exact) mass is 366 g/mol. The van der Waals surface area contributed by atoms with E-state index in [4.69, 9.17) is 14.7 Å². The first-order valence-electron chi connectivity index (χ1n) is 9.11. The zero-order valence-corrected chi connectivity index (χ0v) is 15.3. The predicted molar refractivity (Wildman–Crippen MR) is 98.5 cm³/mol. The van der Waals surface area contributed by atoms with Crippen LogP contribution in [0.4, 0.5) is 0 Å². The molecule has 0 saturated carbocycles. The van der Waals surface area contributed by atoms with Crippen molar-refractivity contribution in [1.82, 2.24) is 14.9 Å². The van der Waals surface area contributed by atoms with Crippen LogP contribution in [0.5, 0.6) is 11.6 Å². The minimum Gasteiger partial charge on any atom is -0.494 e. The second-order valence-corrected chi connectivity index (χ2v) is 6.33. The highest BCUT2D eigenvalue weighted by Gasteiger charge is 2.29. The fourth-order valence-electron chi connectivity index (χ4n) is 2.87. The number of nitriles is 1. The van der Waals surface area contributed by atoms with Crippen LogP contribution in [0.3, 0.4) is 0 Å². The maximum atomic E-state index is 12.7. The molecule has 1 atom stereocenters. The summed E-state index contributed by atoms with van der Waals surface area (Å²) in [6, 6.07) is 9.18. The first-order valence-corrected chi connectivity index (χ1v) is 9.11. The average Bonchev–Trinajstić information content (AvgIpc) is 3.17. The van der Waals surface area contributed by atoms with Gasteiger partial charge in [0.2, 0.25) is 5.69 Å². The van der Waals surface area contributed by atoms with Gasteiger partial charge in [-0.3, -0.25) is 4.79 Å². The van der Waals surface area contributed by atoms with E-state index in [0.717, 1.165) is 18.6 Å². The van der Waals surface area contributed by atoms with Crippen LogP contribution >= 0.6 is 0 Å². The maximum absolute atomic E-state index is 12.7. The number of amides is 1. The summed E-state index contributed by atoms with van der Waals surface area (Å²) < 4.78 is 11.4. The topological polar surface area (TPSA) is 88.3 Å². The van der Waals surface area contributed by atoms with Crippen molar-refractivity contribution in [2.24, 2.45) is 0 Å². The summed E-state index contributed by atoms with van der Waals surface area (Å²) in [5.41, 5.74) is 0.775. The second-order valence-electron chi connectivity index (χ2n) is 6.33. The lowest BCUT2D eigenvalue weighted by atomic mass is 10.2. The summed E-state index contributed by atoms with van der Waals surface area (Å²) in [6.07, 6.45) is 5.51. The minimum absolute atomic E-state index is 0.0409. The summed E-state index contributed by atoms with van der Waals surface area (Å²) in [4.78, 5) is 22.4. The molecule has 140 valence electrons. The quantitative estimate of drug-likeness (QED) is 0.700. The SMILES string of the molecule is CCCCOc1ccc(C(=O)N2CCC(Oc3nccnc3C#N)C2)cc1. The number of hydrogen-bond donors (Lipinski definition) is 0. The van der Waals surface area contributed by atoms with E-state index < -0.39 is 0 Å². The maximum Gasteiger partial charge on any atom is 0.253 e. The molecule has 1 unspecified atom stereocenters. The highest BCUT2D eigenvalue weighted by Crippen LogP contribution is 2.21. The van der Waals surface area contributed by atoms with Gasteiger partial charge in [-0.25, -0.2) is 9.97 Å². The largest absolute Gasteiger partial charge is 0.494 e. The first kappa shape index (κ1) is 18.6. The third-order valence-electron chi connectivity index (χ3n) is 4.35. The van der Waals surface area contributed by atoms with Gasteiger partial charge >= 0.3 is 0 Å². The Morgan fingerprint density at radius 1 is 1.30 bits per heavy atom. The lowest BCUT2D eigenvalue weighted by Crippen LogP contribution is -2.31. The number of hydrogen-bond acceptors (Lipinski definition) is 6. The first-order chi connectivity index (χ1) is 13.2. The van der Waals surface area contributed by atoms with E-state index in [1.165, 1.54) is 12.4 Å². The molecule has 1 aliphatic heterocycles. The Balaban J connectivity index is 1.56. The molecule has 1 saturated heterocycles. The molecule has 27 heavy (non-hydrogen) atoms. The highest BCUT2D eigenvalue weighted by molar-refractivity contribution is 5.94. The number of aromatic nitrogens is 2. The van der Waals surface area contributed by atoms with E-state index in [1.807, 2.05) is 18.2 Å². The molecular formula is C20H22N4O3. The molecule has 3 rings (SSSR count). The molecule has 0 aliphatic carbocycles.